The number of unbranched alkanes of at least 4 members (excludes halogenated alkanes) is 2. The molecule has 1 fully saturated rings. The smallest absolute Gasteiger partial charge is 0.491 e. The second kappa shape index (κ2) is 13.1. The minimum Gasteiger partial charge on any atom is -0.491 e. The lowest BCUT2D eigenvalue weighted by Crippen LogP contribution is -2.36. The van der Waals surface area contributed by atoms with Gasteiger partial charge in [0, 0.05) is 19.2 Å². The van der Waals surface area contributed by atoms with E-state index in [2.05, 4.69) is 23.7 Å². The molecule has 0 radical (unpaired) electrons. The third-order valence-electron chi connectivity index (χ3n) is 4.01. The Morgan fingerprint density at radius 3 is 2.00 bits per heavy atom. The second-order valence-electron chi connectivity index (χ2n) is 6.39. The number of ether oxygens (including phenoxy) is 3. The Balaban J connectivity index is 0.000000749. The molecule has 0 amide bonds. The van der Waals surface area contributed by atoms with E-state index in [-0.39, 0.29) is 0 Å². The van der Waals surface area contributed by atoms with E-state index < -0.39 is 7.25 Å². The monoisotopic (exact) mass is 421 g/mol. The van der Waals surface area contributed by atoms with E-state index in [0.717, 1.165) is 50.2 Å². The Bertz CT molecular complexity index is 644. The van der Waals surface area contributed by atoms with Gasteiger partial charge >= 0.3 is 12.9 Å². The van der Waals surface area contributed by atoms with Gasteiger partial charge in [0.2, 0.25) is 11.1 Å². The van der Waals surface area contributed by atoms with Gasteiger partial charge in [0.1, 0.15) is 0 Å². The Morgan fingerprint density at radius 1 is 1.00 bits per heavy atom. The van der Waals surface area contributed by atoms with Crippen molar-refractivity contribution in [3.8, 4) is 11.5 Å². The van der Waals surface area contributed by atoms with Crippen LogP contribution in [0.2, 0.25) is 0 Å². The molecule has 1 heterocycles. The van der Waals surface area contributed by atoms with Crippen molar-refractivity contribution in [2.24, 2.45) is 0 Å². The number of nitrogens with zero attached hydrogens (tertiary/aromatic N) is 3. The summed E-state index contributed by atoms with van der Waals surface area (Å²) in [4.78, 5) is 5.61. The number of morpholine rings is 1. The van der Waals surface area contributed by atoms with Gasteiger partial charge in [-0.1, -0.05) is 26.7 Å². The number of diazo groups is 1. The molecule has 0 bridgehead atoms. The molecule has 1 aliphatic heterocycles. The standard InChI is InChI=1S/C18H28N3O3.BF4/c1-3-5-9-23-17-14-16(21-7-11-22-12-8-21)18(13-15(17)20-19)24-10-6-4-2;2-1(3,4)5/h13-14H,3-12H2,1-2H3;/q+1;-1. The Labute approximate surface area is 168 Å². The zero-order valence-corrected chi connectivity index (χ0v) is 16.9. The van der Waals surface area contributed by atoms with Crippen LogP contribution >= 0.6 is 0 Å². The lowest BCUT2D eigenvalue weighted by molar-refractivity contribution is 0.122. The van der Waals surface area contributed by atoms with Gasteiger partial charge in [0.05, 0.1) is 38.2 Å². The molecule has 0 aliphatic carbocycles. The highest BCUT2D eigenvalue weighted by Gasteiger charge is 2.25. The number of hydrogen-bond acceptors (Lipinski definition) is 5. The van der Waals surface area contributed by atoms with Crippen LogP contribution in [-0.4, -0.2) is 46.8 Å². The Morgan fingerprint density at radius 2 is 1.52 bits per heavy atom. The summed E-state index contributed by atoms with van der Waals surface area (Å²) in [5.74, 6) is 1.33. The molecule has 1 aromatic rings. The summed E-state index contributed by atoms with van der Waals surface area (Å²) in [5.41, 5.74) is 1.39. The highest BCUT2D eigenvalue weighted by atomic mass is 19.5. The van der Waals surface area contributed by atoms with Crippen molar-refractivity contribution in [1.82, 2.24) is 0 Å². The van der Waals surface area contributed by atoms with Crippen LogP contribution in [-0.2, 0) is 4.74 Å². The van der Waals surface area contributed by atoms with Crippen molar-refractivity contribution in [2.45, 2.75) is 39.5 Å². The van der Waals surface area contributed by atoms with Crippen LogP contribution in [0.25, 0.3) is 4.98 Å². The first-order valence-electron chi connectivity index (χ1n) is 9.78. The lowest BCUT2D eigenvalue weighted by Gasteiger charge is -2.30. The number of benzene rings is 1. The molecular weight excluding hydrogens is 393 g/mol. The fourth-order valence-corrected chi connectivity index (χ4v) is 2.55. The van der Waals surface area contributed by atoms with Gasteiger partial charge in [-0.05, 0) is 12.8 Å². The fourth-order valence-electron chi connectivity index (χ4n) is 2.55. The van der Waals surface area contributed by atoms with Gasteiger partial charge in [-0.15, -0.1) is 0 Å². The zero-order chi connectivity index (χ0) is 21.7. The molecule has 11 heteroatoms. The normalized spacial score (nSPS) is 13.9. The predicted molar refractivity (Wildman–Crippen MR) is 105 cm³/mol. The average Bonchev–Trinajstić information content (AvgIpc) is 2.68. The van der Waals surface area contributed by atoms with Gasteiger partial charge in [-0.3, -0.25) is 0 Å². The maximum Gasteiger partial charge on any atom is 0.673 e. The minimum atomic E-state index is -6.00. The van der Waals surface area contributed by atoms with E-state index in [1.54, 1.807) is 6.07 Å². The molecule has 0 aromatic heterocycles. The summed E-state index contributed by atoms with van der Waals surface area (Å²) >= 11 is 0. The molecule has 0 unspecified atom stereocenters. The van der Waals surface area contributed by atoms with Crippen LogP contribution in [0.1, 0.15) is 39.5 Å². The average molecular weight is 421 g/mol. The maximum absolute atomic E-state index is 9.75. The third kappa shape index (κ3) is 10.2. The van der Waals surface area contributed by atoms with Crippen LogP contribution in [0.4, 0.5) is 28.6 Å². The van der Waals surface area contributed by atoms with Gasteiger partial charge in [0.15, 0.2) is 10.7 Å². The molecule has 29 heavy (non-hydrogen) atoms. The Hall–Kier alpha value is -2.22. The lowest BCUT2D eigenvalue weighted by atomic mass is 10.2. The van der Waals surface area contributed by atoms with E-state index in [1.807, 2.05) is 6.07 Å². The van der Waals surface area contributed by atoms with Crippen LogP contribution in [0.15, 0.2) is 12.1 Å². The fraction of sp³-hybridized carbons (Fsp3) is 0.667. The van der Waals surface area contributed by atoms with Crippen LogP contribution in [0, 0.1) is 5.39 Å². The zero-order valence-electron chi connectivity index (χ0n) is 16.9. The van der Waals surface area contributed by atoms with Crippen LogP contribution in [0.5, 0.6) is 11.5 Å². The summed E-state index contributed by atoms with van der Waals surface area (Å²) in [6, 6.07) is 3.69. The van der Waals surface area contributed by atoms with Crippen molar-refractivity contribution in [2.75, 3.05) is 44.4 Å². The molecule has 0 spiro atoms. The summed E-state index contributed by atoms with van der Waals surface area (Å²) in [6.45, 7) is 8.53. The SMILES string of the molecule is CCCCOc1cc(N2CCOCC2)c(OCCCC)cc1[N+]#N.F[B-](F)(F)F. The topological polar surface area (TPSA) is 59.1 Å². The van der Waals surface area contributed by atoms with Crippen molar-refractivity contribution in [1.29, 1.82) is 5.39 Å². The molecule has 0 saturated carbocycles. The molecule has 1 aromatic carbocycles. The molecule has 0 N–H and O–H groups in total. The Kier molecular flexibility index (Phi) is 11.2. The summed E-state index contributed by atoms with van der Waals surface area (Å²) in [5, 5.41) is 9.33. The number of halogens is 4. The second-order valence-corrected chi connectivity index (χ2v) is 6.39. The van der Waals surface area contributed by atoms with E-state index >= 15 is 0 Å². The number of anilines is 1. The summed E-state index contributed by atoms with van der Waals surface area (Å²) < 4.78 is 56.2. The molecule has 2 rings (SSSR count). The van der Waals surface area contributed by atoms with E-state index in [4.69, 9.17) is 14.2 Å². The third-order valence-corrected chi connectivity index (χ3v) is 4.01. The van der Waals surface area contributed by atoms with Crippen molar-refractivity contribution < 1.29 is 31.5 Å². The minimum absolute atomic E-state index is 0.412. The predicted octanol–water partition coefficient (Wildman–Crippen LogP) is 5.67. The van der Waals surface area contributed by atoms with Crippen LogP contribution < -0.4 is 14.4 Å². The van der Waals surface area contributed by atoms with Gasteiger partial charge in [-0.2, -0.15) is 0 Å². The van der Waals surface area contributed by atoms with Gasteiger partial charge in [0.25, 0.3) is 0 Å². The first-order valence-corrected chi connectivity index (χ1v) is 9.78. The molecule has 6 nitrogen and oxygen atoms in total. The largest absolute Gasteiger partial charge is 0.673 e. The van der Waals surface area contributed by atoms with Crippen molar-refractivity contribution in [3.63, 3.8) is 0 Å². The highest BCUT2D eigenvalue weighted by molar-refractivity contribution is 6.50. The molecular formula is C18H28BF4N3O3. The molecule has 0 atom stereocenters. The molecule has 164 valence electrons. The van der Waals surface area contributed by atoms with Crippen molar-refractivity contribution in [3.05, 3.63) is 17.1 Å². The summed E-state index contributed by atoms with van der Waals surface area (Å²) in [7, 11) is -6.00. The van der Waals surface area contributed by atoms with Gasteiger partial charge in [-0.25, -0.2) is 0 Å². The first kappa shape index (κ1) is 24.8. The highest BCUT2D eigenvalue weighted by Crippen LogP contribution is 2.40. The number of hydrogen-bond donors (Lipinski definition) is 0. The van der Waals surface area contributed by atoms with Crippen molar-refractivity contribution >= 4 is 18.6 Å². The first-order chi connectivity index (χ1) is 13.8. The van der Waals surface area contributed by atoms with Crippen LogP contribution in [0.3, 0.4) is 0 Å². The molecule has 1 aliphatic rings. The van der Waals surface area contributed by atoms with Gasteiger partial charge < -0.3 is 36.4 Å². The van der Waals surface area contributed by atoms with E-state index in [9.17, 15) is 22.7 Å². The summed E-state index contributed by atoms with van der Waals surface area (Å²) in [6.07, 6.45) is 4.08. The number of rotatable bonds is 9. The van der Waals surface area contributed by atoms with E-state index in [0.29, 0.717) is 37.9 Å². The maximum atomic E-state index is 9.75. The van der Waals surface area contributed by atoms with E-state index in [1.165, 1.54) is 0 Å². The molecule has 1 saturated heterocycles. The quantitative estimate of drug-likeness (QED) is 0.223.